The molecule has 0 amide bonds. The molecule has 1 N–H and O–H groups in total. The van der Waals surface area contributed by atoms with Gasteiger partial charge in [0.2, 0.25) is 0 Å². The van der Waals surface area contributed by atoms with E-state index in [1.165, 1.54) is 5.56 Å². The summed E-state index contributed by atoms with van der Waals surface area (Å²) in [7, 11) is 0. The van der Waals surface area contributed by atoms with Crippen LogP contribution in [0.5, 0.6) is 0 Å². The quantitative estimate of drug-likeness (QED) is 0.866. The third-order valence-corrected chi connectivity index (χ3v) is 4.13. The number of rotatable bonds is 6. The minimum absolute atomic E-state index is 0.175. The molecule has 1 saturated heterocycles. The number of hydrogen-bond donors (Lipinski definition) is 1. The normalized spacial score (nSPS) is 21.2. The molecule has 1 aliphatic rings. The Morgan fingerprint density at radius 3 is 2.60 bits per heavy atom. The van der Waals surface area contributed by atoms with E-state index in [0.29, 0.717) is 18.4 Å². The topological polar surface area (TPSA) is 40.5 Å². The second-order valence-electron chi connectivity index (χ2n) is 6.32. The molecule has 2 unspecified atom stereocenters. The number of benzene rings is 1. The summed E-state index contributed by atoms with van der Waals surface area (Å²) in [5, 5.41) is 9.10. The van der Waals surface area contributed by atoms with Gasteiger partial charge in [0.05, 0.1) is 5.92 Å². The molecule has 1 fully saturated rings. The Labute approximate surface area is 121 Å². The summed E-state index contributed by atoms with van der Waals surface area (Å²) >= 11 is 0. The van der Waals surface area contributed by atoms with Gasteiger partial charge in [-0.15, -0.1) is 0 Å². The summed E-state index contributed by atoms with van der Waals surface area (Å²) in [4.78, 5) is 13.4. The van der Waals surface area contributed by atoms with Crippen molar-refractivity contribution in [3.8, 4) is 0 Å². The van der Waals surface area contributed by atoms with Crippen molar-refractivity contribution in [1.82, 2.24) is 4.90 Å². The van der Waals surface area contributed by atoms with Gasteiger partial charge in [0.25, 0.3) is 0 Å². The molecular weight excluding hydrogens is 250 g/mol. The van der Waals surface area contributed by atoms with Gasteiger partial charge in [0, 0.05) is 13.1 Å². The van der Waals surface area contributed by atoms with Crippen LogP contribution in [-0.4, -0.2) is 35.6 Å². The molecule has 0 aliphatic carbocycles. The molecule has 1 heterocycles. The second-order valence-corrected chi connectivity index (χ2v) is 6.32. The zero-order valence-electron chi connectivity index (χ0n) is 12.5. The SMILES string of the molecule is CC(C)CC(CN1CCC(C(=O)O)C1)c1ccccc1. The highest BCUT2D eigenvalue weighted by Gasteiger charge is 2.29. The second kappa shape index (κ2) is 6.89. The monoisotopic (exact) mass is 275 g/mol. The summed E-state index contributed by atoms with van der Waals surface area (Å²) in [5.74, 6) is 0.333. The smallest absolute Gasteiger partial charge is 0.307 e. The van der Waals surface area contributed by atoms with Gasteiger partial charge in [-0.1, -0.05) is 44.2 Å². The summed E-state index contributed by atoms with van der Waals surface area (Å²) in [6.07, 6.45) is 1.94. The highest BCUT2D eigenvalue weighted by atomic mass is 16.4. The molecule has 0 bridgehead atoms. The first kappa shape index (κ1) is 15.0. The standard InChI is InChI=1S/C17H25NO2/c1-13(2)10-16(14-6-4-3-5-7-14)12-18-9-8-15(11-18)17(19)20/h3-7,13,15-16H,8-12H2,1-2H3,(H,19,20). The van der Waals surface area contributed by atoms with Gasteiger partial charge in [-0.25, -0.2) is 0 Å². The van der Waals surface area contributed by atoms with Crippen LogP contribution < -0.4 is 0 Å². The number of carboxylic acids is 1. The van der Waals surface area contributed by atoms with Crippen LogP contribution in [-0.2, 0) is 4.79 Å². The van der Waals surface area contributed by atoms with Gasteiger partial charge in [0.1, 0.15) is 0 Å². The molecule has 110 valence electrons. The van der Waals surface area contributed by atoms with Gasteiger partial charge in [-0.05, 0) is 36.8 Å². The predicted molar refractivity (Wildman–Crippen MR) is 80.8 cm³/mol. The average Bonchev–Trinajstić information content (AvgIpc) is 2.87. The van der Waals surface area contributed by atoms with Crippen LogP contribution >= 0.6 is 0 Å². The first-order valence-electron chi connectivity index (χ1n) is 7.56. The predicted octanol–water partition coefficient (Wildman–Crippen LogP) is 3.22. The van der Waals surface area contributed by atoms with Crippen molar-refractivity contribution in [3.05, 3.63) is 35.9 Å². The van der Waals surface area contributed by atoms with Crippen LogP contribution in [0.25, 0.3) is 0 Å². The number of carboxylic acid groups (broad SMARTS) is 1. The zero-order valence-corrected chi connectivity index (χ0v) is 12.5. The Morgan fingerprint density at radius 2 is 2.05 bits per heavy atom. The van der Waals surface area contributed by atoms with E-state index in [1.54, 1.807) is 0 Å². The van der Waals surface area contributed by atoms with E-state index in [2.05, 4.69) is 43.0 Å². The molecule has 0 radical (unpaired) electrons. The first-order chi connectivity index (χ1) is 9.56. The lowest BCUT2D eigenvalue weighted by Gasteiger charge is -2.25. The Balaban J connectivity index is 2.00. The van der Waals surface area contributed by atoms with Crippen molar-refractivity contribution in [2.24, 2.45) is 11.8 Å². The molecule has 0 aromatic heterocycles. The lowest BCUT2D eigenvalue weighted by atomic mass is 9.90. The molecule has 0 spiro atoms. The highest BCUT2D eigenvalue weighted by molar-refractivity contribution is 5.70. The fourth-order valence-electron chi connectivity index (χ4n) is 3.12. The molecule has 3 nitrogen and oxygen atoms in total. The number of aliphatic carboxylic acids is 1. The van der Waals surface area contributed by atoms with Crippen LogP contribution in [0.1, 0.15) is 38.2 Å². The summed E-state index contributed by atoms with van der Waals surface area (Å²) in [6, 6.07) is 10.6. The van der Waals surface area contributed by atoms with Crippen molar-refractivity contribution >= 4 is 5.97 Å². The Bertz CT molecular complexity index is 430. The van der Waals surface area contributed by atoms with E-state index in [1.807, 2.05) is 6.07 Å². The maximum Gasteiger partial charge on any atom is 0.307 e. The van der Waals surface area contributed by atoms with E-state index in [9.17, 15) is 4.79 Å². The van der Waals surface area contributed by atoms with Gasteiger partial charge in [0.15, 0.2) is 0 Å². The Hall–Kier alpha value is -1.35. The third-order valence-electron chi connectivity index (χ3n) is 4.13. The molecule has 0 saturated carbocycles. The van der Waals surface area contributed by atoms with E-state index in [-0.39, 0.29) is 5.92 Å². The van der Waals surface area contributed by atoms with Crippen LogP contribution in [0.2, 0.25) is 0 Å². The fourth-order valence-corrected chi connectivity index (χ4v) is 3.12. The van der Waals surface area contributed by atoms with E-state index >= 15 is 0 Å². The van der Waals surface area contributed by atoms with Gasteiger partial charge in [-0.3, -0.25) is 4.79 Å². The summed E-state index contributed by atoms with van der Waals surface area (Å²) in [6.45, 7) is 7.10. The van der Waals surface area contributed by atoms with Crippen LogP contribution in [0.3, 0.4) is 0 Å². The molecule has 1 aromatic carbocycles. The Morgan fingerprint density at radius 1 is 1.35 bits per heavy atom. The van der Waals surface area contributed by atoms with Gasteiger partial charge in [-0.2, -0.15) is 0 Å². The zero-order chi connectivity index (χ0) is 14.5. The summed E-state index contributed by atoms with van der Waals surface area (Å²) in [5.41, 5.74) is 1.37. The lowest BCUT2D eigenvalue weighted by Crippen LogP contribution is -2.28. The van der Waals surface area contributed by atoms with Gasteiger partial charge >= 0.3 is 5.97 Å². The number of likely N-dealkylation sites (tertiary alicyclic amines) is 1. The van der Waals surface area contributed by atoms with Crippen molar-refractivity contribution in [2.45, 2.75) is 32.6 Å². The lowest BCUT2D eigenvalue weighted by molar-refractivity contribution is -0.141. The highest BCUT2D eigenvalue weighted by Crippen LogP contribution is 2.27. The third kappa shape index (κ3) is 4.07. The van der Waals surface area contributed by atoms with Crippen LogP contribution in [0.15, 0.2) is 30.3 Å². The van der Waals surface area contributed by atoms with E-state index < -0.39 is 5.97 Å². The van der Waals surface area contributed by atoms with Crippen molar-refractivity contribution < 1.29 is 9.90 Å². The van der Waals surface area contributed by atoms with Crippen molar-refractivity contribution in [1.29, 1.82) is 0 Å². The van der Waals surface area contributed by atoms with Crippen molar-refractivity contribution in [2.75, 3.05) is 19.6 Å². The Kier molecular flexibility index (Phi) is 5.18. The van der Waals surface area contributed by atoms with Gasteiger partial charge < -0.3 is 10.0 Å². The van der Waals surface area contributed by atoms with Crippen LogP contribution in [0, 0.1) is 11.8 Å². The average molecular weight is 275 g/mol. The first-order valence-corrected chi connectivity index (χ1v) is 7.56. The molecule has 2 atom stereocenters. The molecule has 1 aliphatic heterocycles. The van der Waals surface area contributed by atoms with Crippen LogP contribution in [0.4, 0.5) is 0 Å². The summed E-state index contributed by atoms with van der Waals surface area (Å²) < 4.78 is 0. The maximum atomic E-state index is 11.1. The number of carbonyl (C=O) groups is 1. The number of nitrogens with zero attached hydrogens (tertiary/aromatic N) is 1. The van der Waals surface area contributed by atoms with E-state index in [0.717, 1.165) is 25.9 Å². The largest absolute Gasteiger partial charge is 0.481 e. The minimum atomic E-state index is -0.646. The van der Waals surface area contributed by atoms with E-state index in [4.69, 9.17) is 5.11 Å². The minimum Gasteiger partial charge on any atom is -0.481 e. The maximum absolute atomic E-state index is 11.1. The fraction of sp³-hybridized carbons (Fsp3) is 0.588. The molecule has 2 rings (SSSR count). The molecule has 3 heteroatoms. The molecule has 1 aromatic rings. The molecular formula is C17H25NO2. The number of hydrogen-bond acceptors (Lipinski definition) is 2. The van der Waals surface area contributed by atoms with Crippen molar-refractivity contribution in [3.63, 3.8) is 0 Å². The molecule has 20 heavy (non-hydrogen) atoms.